The lowest BCUT2D eigenvalue weighted by atomic mass is 10.0. The summed E-state index contributed by atoms with van der Waals surface area (Å²) in [6, 6.07) is 0.706. The summed E-state index contributed by atoms with van der Waals surface area (Å²) in [6.07, 6.45) is 2.67. The van der Waals surface area contributed by atoms with E-state index in [9.17, 15) is 0 Å². The number of rotatable bonds is 4. The number of piperidine rings is 1. The van der Waals surface area contributed by atoms with Crippen molar-refractivity contribution in [2.45, 2.75) is 39.3 Å². The van der Waals surface area contributed by atoms with Gasteiger partial charge >= 0.3 is 0 Å². The van der Waals surface area contributed by atoms with Crippen molar-refractivity contribution in [3.63, 3.8) is 0 Å². The first kappa shape index (κ1) is 12.1. The van der Waals surface area contributed by atoms with Gasteiger partial charge in [-0.05, 0) is 54.7 Å². The van der Waals surface area contributed by atoms with Gasteiger partial charge in [0.15, 0.2) is 0 Å². The highest BCUT2D eigenvalue weighted by atomic mass is 32.1. The second-order valence-electron chi connectivity index (χ2n) is 4.71. The van der Waals surface area contributed by atoms with Gasteiger partial charge in [-0.25, -0.2) is 0 Å². The van der Waals surface area contributed by atoms with Gasteiger partial charge in [0.2, 0.25) is 0 Å². The monoisotopic (exact) mass is 238 g/mol. The summed E-state index contributed by atoms with van der Waals surface area (Å²) in [5, 5.41) is 8.12. The van der Waals surface area contributed by atoms with Crippen LogP contribution in [0.25, 0.3) is 0 Å². The molecule has 3 heteroatoms. The topological polar surface area (TPSA) is 15.3 Å². The van der Waals surface area contributed by atoms with Gasteiger partial charge in [-0.15, -0.1) is 0 Å². The van der Waals surface area contributed by atoms with E-state index >= 15 is 0 Å². The van der Waals surface area contributed by atoms with E-state index in [-0.39, 0.29) is 0 Å². The van der Waals surface area contributed by atoms with Gasteiger partial charge in [-0.2, -0.15) is 11.3 Å². The molecular formula is C13H22N2S. The van der Waals surface area contributed by atoms with Gasteiger partial charge in [0.25, 0.3) is 0 Å². The van der Waals surface area contributed by atoms with Crippen LogP contribution in [0.5, 0.6) is 0 Å². The van der Waals surface area contributed by atoms with Crippen molar-refractivity contribution in [3.05, 3.63) is 21.9 Å². The summed E-state index contributed by atoms with van der Waals surface area (Å²) in [5.41, 5.74) is 2.97. The average molecular weight is 238 g/mol. The molecule has 1 aromatic rings. The molecule has 1 aliphatic heterocycles. The van der Waals surface area contributed by atoms with Crippen molar-refractivity contribution in [1.82, 2.24) is 10.2 Å². The zero-order valence-electron chi connectivity index (χ0n) is 10.3. The third-order valence-electron chi connectivity index (χ3n) is 3.35. The lowest BCUT2D eigenvalue weighted by Gasteiger charge is -2.33. The quantitative estimate of drug-likeness (QED) is 0.867. The maximum absolute atomic E-state index is 3.57. The maximum atomic E-state index is 3.57. The molecule has 1 unspecified atom stereocenters. The number of aryl methyl sites for hydroxylation is 1. The Hall–Kier alpha value is -0.380. The van der Waals surface area contributed by atoms with Crippen LogP contribution in [-0.4, -0.2) is 30.6 Å². The van der Waals surface area contributed by atoms with Gasteiger partial charge in [0.1, 0.15) is 0 Å². The molecule has 1 aliphatic rings. The van der Waals surface area contributed by atoms with E-state index in [1.807, 2.05) is 11.3 Å². The Bertz CT molecular complexity index is 319. The van der Waals surface area contributed by atoms with E-state index < -0.39 is 0 Å². The summed E-state index contributed by atoms with van der Waals surface area (Å²) in [7, 11) is 0. The van der Waals surface area contributed by atoms with Crippen LogP contribution in [0.1, 0.15) is 30.9 Å². The SMILES string of the molecule is CCNC1CCCN(Cc2cscc2C)C1. The molecule has 90 valence electrons. The lowest BCUT2D eigenvalue weighted by molar-refractivity contribution is 0.184. The van der Waals surface area contributed by atoms with Crippen molar-refractivity contribution < 1.29 is 0 Å². The van der Waals surface area contributed by atoms with E-state index in [1.165, 1.54) is 37.1 Å². The third kappa shape index (κ3) is 3.06. The Labute approximate surface area is 103 Å². The molecule has 0 saturated carbocycles. The second-order valence-corrected chi connectivity index (χ2v) is 5.46. The predicted octanol–water partition coefficient (Wildman–Crippen LogP) is 2.63. The van der Waals surface area contributed by atoms with Crippen LogP contribution >= 0.6 is 11.3 Å². The summed E-state index contributed by atoms with van der Waals surface area (Å²) in [6.45, 7) is 9.12. The number of hydrogen-bond acceptors (Lipinski definition) is 3. The second kappa shape index (κ2) is 5.80. The summed E-state index contributed by atoms with van der Waals surface area (Å²) < 4.78 is 0. The summed E-state index contributed by atoms with van der Waals surface area (Å²) in [4.78, 5) is 2.59. The van der Waals surface area contributed by atoms with Crippen LogP contribution in [0.3, 0.4) is 0 Å². The molecule has 2 heterocycles. The van der Waals surface area contributed by atoms with Crippen LogP contribution in [0.2, 0.25) is 0 Å². The first-order valence-electron chi connectivity index (χ1n) is 6.27. The van der Waals surface area contributed by atoms with Gasteiger partial charge in [-0.1, -0.05) is 6.92 Å². The molecule has 0 spiro atoms. The van der Waals surface area contributed by atoms with Gasteiger partial charge in [-0.3, -0.25) is 4.90 Å². The molecule has 2 nitrogen and oxygen atoms in total. The van der Waals surface area contributed by atoms with Crippen molar-refractivity contribution >= 4 is 11.3 Å². The fourth-order valence-corrected chi connectivity index (χ4v) is 3.29. The molecular weight excluding hydrogens is 216 g/mol. The van der Waals surface area contributed by atoms with E-state index in [4.69, 9.17) is 0 Å². The number of likely N-dealkylation sites (N-methyl/N-ethyl adjacent to an activating group) is 1. The minimum absolute atomic E-state index is 0.706. The molecule has 1 fully saturated rings. The molecule has 2 rings (SSSR count). The highest BCUT2D eigenvalue weighted by Gasteiger charge is 2.19. The van der Waals surface area contributed by atoms with Crippen LogP contribution in [0, 0.1) is 6.92 Å². The van der Waals surface area contributed by atoms with E-state index in [0.717, 1.165) is 13.1 Å². The van der Waals surface area contributed by atoms with Gasteiger partial charge in [0.05, 0.1) is 0 Å². The number of hydrogen-bond donors (Lipinski definition) is 1. The zero-order chi connectivity index (χ0) is 11.4. The van der Waals surface area contributed by atoms with Crippen LogP contribution in [-0.2, 0) is 6.54 Å². The molecule has 0 aromatic carbocycles. The minimum Gasteiger partial charge on any atom is -0.313 e. The summed E-state index contributed by atoms with van der Waals surface area (Å²) >= 11 is 1.82. The molecule has 1 N–H and O–H groups in total. The first-order valence-corrected chi connectivity index (χ1v) is 7.21. The van der Waals surface area contributed by atoms with Crippen LogP contribution in [0.4, 0.5) is 0 Å². The standard InChI is InChI=1S/C13H22N2S/c1-3-14-13-5-4-6-15(8-13)7-12-10-16-9-11(12)2/h9-10,13-14H,3-8H2,1-2H3. The average Bonchev–Trinajstić information content (AvgIpc) is 2.66. The molecule has 16 heavy (non-hydrogen) atoms. The van der Waals surface area contributed by atoms with E-state index in [0.29, 0.717) is 6.04 Å². The summed E-state index contributed by atoms with van der Waals surface area (Å²) in [5.74, 6) is 0. The van der Waals surface area contributed by atoms with Gasteiger partial charge in [0, 0.05) is 19.1 Å². The van der Waals surface area contributed by atoms with Gasteiger partial charge < -0.3 is 5.32 Å². The molecule has 0 bridgehead atoms. The molecule has 1 atom stereocenters. The normalized spacial score (nSPS) is 22.5. The van der Waals surface area contributed by atoms with Crippen molar-refractivity contribution in [3.8, 4) is 0 Å². The number of nitrogens with one attached hydrogen (secondary N) is 1. The largest absolute Gasteiger partial charge is 0.313 e. The van der Waals surface area contributed by atoms with Crippen LogP contribution in [0.15, 0.2) is 10.8 Å². The molecule has 1 saturated heterocycles. The number of likely N-dealkylation sites (tertiary alicyclic amines) is 1. The van der Waals surface area contributed by atoms with E-state index in [2.05, 4.69) is 34.8 Å². The molecule has 0 amide bonds. The third-order valence-corrected chi connectivity index (χ3v) is 4.26. The number of nitrogens with zero attached hydrogens (tertiary/aromatic N) is 1. The Morgan fingerprint density at radius 1 is 1.50 bits per heavy atom. The maximum Gasteiger partial charge on any atom is 0.0245 e. The molecule has 0 aliphatic carbocycles. The molecule has 1 aromatic heterocycles. The Morgan fingerprint density at radius 2 is 2.38 bits per heavy atom. The Morgan fingerprint density at radius 3 is 3.06 bits per heavy atom. The smallest absolute Gasteiger partial charge is 0.0245 e. The highest BCUT2D eigenvalue weighted by molar-refractivity contribution is 7.08. The minimum atomic E-state index is 0.706. The fraction of sp³-hybridized carbons (Fsp3) is 0.692. The zero-order valence-corrected chi connectivity index (χ0v) is 11.1. The molecule has 0 radical (unpaired) electrons. The number of thiophene rings is 1. The first-order chi connectivity index (χ1) is 7.79. The predicted molar refractivity (Wildman–Crippen MR) is 71.0 cm³/mol. The Kier molecular flexibility index (Phi) is 4.38. The Balaban J connectivity index is 1.88. The van der Waals surface area contributed by atoms with Crippen LogP contribution < -0.4 is 5.32 Å². The van der Waals surface area contributed by atoms with Crippen molar-refractivity contribution in [2.75, 3.05) is 19.6 Å². The van der Waals surface area contributed by atoms with Crippen molar-refractivity contribution in [2.24, 2.45) is 0 Å². The van der Waals surface area contributed by atoms with E-state index in [1.54, 1.807) is 0 Å². The highest BCUT2D eigenvalue weighted by Crippen LogP contribution is 2.18. The fourth-order valence-electron chi connectivity index (χ4n) is 2.44. The van der Waals surface area contributed by atoms with Crippen molar-refractivity contribution in [1.29, 1.82) is 0 Å². The lowest BCUT2D eigenvalue weighted by Crippen LogP contribution is -2.45.